The van der Waals surface area contributed by atoms with E-state index in [2.05, 4.69) is 17.4 Å². The first-order valence-electron chi connectivity index (χ1n) is 9.20. The quantitative estimate of drug-likeness (QED) is 0.762. The molecule has 0 saturated heterocycles. The van der Waals surface area contributed by atoms with Gasteiger partial charge >= 0.3 is 0 Å². The summed E-state index contributed by atoms with van der Waals surface area (Å²) in [5, 5.41) is 8.28. The smallest absolute Gasteiger partial charge is 0.230 e. The second kappa shape index (κ2) is 9.04. The fraction of sp³-hybridized carbons (Fsp3) is 0.526. The highest BCUT2D eigenvalue weighted by Gasteiger charge is 2.23. The molecule has 1 amide bonds. The normalized spacial score (nSPS) is 15.2. The van der Waals surface area contributed by atoms with Crippen LogP contribution in [0.1, 0.15) is 57.2 Å². The molecule has 0 aliphatic heterocycles. The van der Waals surface area contributed by atoms with Crippen molar-refractivity contribution in [3.63, 3.8) is 0 Å². The van der Waals surface area contributed by atoms with Gasteiger partial charge in [-0.2, -0.15) is 0 Å². The molecule has 6 heteroatoms. The first kappa shape index (κ1) is 18.0. The second-order valence-electron chi connectivity index (χ2n) is 6.47. The number of nitrogens with one attached hydrogen (secondary N) is 1. The predicted molar refractivity (Wildman–Crippen MR) is 101 cm³/mol. The molecule has 5 nitrogen and oxygen atoms in total. The van der Waals surface area contributed by atoms with E-state index in [1.54, 1.807) is 0 Å². The molecule has 1 N–H and O–H groups in total. The van der Waals surface area contributed by atoms with E-state index in [1.165, 1.54) is 43.9 Å². The minimum atomic E-state index is 0.0436. The topological polar surface area (TPSA) is 59.8 Å². The van der Waals surface area contributed by atoms with Crippen LogP contribution >= 0.6 is 11.8 Å². The van der Waals surface area contributed by atoms with Crippen LogP contribution in [0.2, 0.25) is 0 Å². The van der Waals surface area contributed by atoms with Crippen LogP contribution < -0.4 is 5.32 Å². The van der Waals surface area contributed by atoms with Crippen LogP contribution in [0.3, 0.4) is 0 Å². The molecule has 1 fully saturated rings. The summed E-state index contributed by atoms with van der Waals surface area (Å²) in [6, 6.07) is 10.2. The third kappa shape index (κ3) is 4.84. The molecule has 1 saturated carbocycles. The molecule has 1 aromatic heterocycles. The number of aromatic nitrogens is 3. The second-order valence-corrected chi connectivity index (χ2v) is 7.42. The number of para-hydroxylation sites is 1. The first-order valence-corrected chi connectivity index (χ1v) is 10.2. The molecule has 0 radical (unpaired) electrons. The van der Waals surface area contributed by atoms with E-state index in [0.717, 1.165) is 24.5 Å². The lowest BCUT2D eigenvalue weighted by Crippen LogP contribution is -2.25. The lowest BCUT2D eigenvalue weighted by Gasteiger charge is -2.21. The van der Waals surface area contributed by atoms with Gasteiger partial charge in [-0.3, -0.25) is 4.79 Å². The van der Waals surface area contributed by atoms with Crippen LogP contribution in [0.15, 0.2) is 35.5 Å². The summed E-state index contributed by atoms with van der Waals surface area (Å²) in [7, 11) is 0. The maximum absolute atomic E-state index is 11.8. The number of carbonyl (C=O) groups excluding carboxylic acids is 1. The van der Waals surface area contributed by atoms with Crippen LogP contribution in [-0.4, -0.2) is 33.0 Å². The number of hydrogen-bond donors (Lipinski definition) is 1. The lowest BCUT2D eigenvalue weighted by atomic mass is 9.88. The maximum atomic E-state index is 11.8. The van der Waals surface area contributed by atoms with Gasteiger partial charge in [-0.15, -0.1) is 5.10 Å². The molecule has 1 aliphatic rings. The Bertz CT molecular complexity index is 680. The third-order valence-electron chi connectivity index (χ3n) is 4.49. The van der Waals surface area contributed by atoms with Gasteiger partial charge < -0.3 is 5.32 Å². The number of amides is 1. The molecule has 0 atom stereocenters. The van der Waals surface area contributed by atoms with Crippen molar-refractivity contribution in [2.75, 3.05) is 12.3 Å². The summed E-state index contributed by atoms with van der Waals surface area (Å²) in [6.45, 7) is 2.77. The van der Waals surface area contributed by atoms with E-state index in [0.29, 0.717) is 16.8 Å². The van der Waals surface area contributed by atoms with Gasteiger partial charge in [-0.1, -0.05) is 56.1 Å². The highest BCUT2D eigenvalue weighted by atomic mass is 32.2. The largest absolute Gasteiger partial charge is 0.355 e. The molecular formula is C19H26N4OS. The predicted octanol–water partition coefficient (Wildman–Crippen LogP) is 3.93. The molecular weight excluding hydrogens is 332 g/mol. The monoisotopic (exact) mass is 358 g/mol. The van der Waals surface area contributed by atoms with Gasteiger partial charge in [-0.05, 0) is 31.4 Å². The fourth-order valence-electron chi connectivity index (χ4n) is 3.20. The Kier molecular flexibility index (Phi) is 6.50. The average Bonchev–Trinajstić information content (AvgIpc) is 3.10. The Morgan fingerprint density at radius 3 is 2.72 bits per heavy atom. The Hall–Kier alpha value is -1.82. The molecule has 0 spiro atoms. The minimum Gasteiger partial charge on any atom is -0.355 e. The average molecular weight is 359 g/mol. The van der Waals surface area contributed by atoms with E-state index in [-0.39, 0.29) is 5.91 Å². The summed E-state index contributed by atoms with van der Waals surface area (Å²) in [4.78, 5) is 16.6. The molecule has 0 unspecified atom stereocenters. The highest BCUT2D eigenvalue weighted by molar-refractivity contribution is 7.99. The Labute approximate surface area is 153 Å². The van der Waals surface area contributed by atoms with Crippen molar-refractivity contribution in [1.29, 1.82) is 0 Å². The summed E-state index contributed by atoms with van der Waals surface area (Å²) in [6.07, 6.45) is 7.12. The lowest BCUT2D eigenvalue weighted by molar-refractivity contribution is -0.118. The van der Waals surface area contributed by atoms with Crippen LogP contribution in [0.4, 0.5) is 0 Å². The molecule has 1 aromatic carbocycles. The van der Waals surface area contributed by atoms with Crippen LogP contribution in [0, 0.1) is 0 Å². The van der Waals surface area contributed by atoms with Gasteiger partial charge in [0.05, 0.1) is 11.4 Å². The van der Waals surface area contributed by atoms with Crippen molar-refractivity contribution >= 4 is 17.7 Å². The molecule has 0 bridgehead atoms. The molecule has 3 rings (SSSR count). The maximum Gasteiger partial charge on any atom is 0.230 e. The number of thioether (sulfide) groups is 1. The fourth-order valence-corrected chi connectivity index (χ4v) is 3.86. The Morgan fingerprint density at radius 1 is 1.24 bits per heavy atom. The van der Waals surface area contributed by atoms with Gasteiger partial charge in [0.1, 0.15) is 5.82 Å². The van der Waals surface area contributed by atoms with Gasteiger partial charge in [-0.25, -0.2) is 9.67 Å². The molecule has 1 heterocycles. The van der Waals surface area contributed by atoms with Gasteiger partial charge in [0.2, 0.25) is 11.1 Å². The zero-order chi connectivity index (χ0) is 17.5. The zero-order valence-electron chi connectivity index (χ0n) is 14.8. The van der Waals surface area contributed by atoms with Crippen molar-refractivity contribution in [2.24, 2.45) is 0 Å². The van der Waals surface area contributed by atoms with Crippen LogP contribution in [0.25, 0.3) is 5.69 Å². The van der Waals surface area contributed by atoms with E-state index in [1.807, 2.05) is 29.8 Å². The highest BCUT2D eigenvalue weighted by Crippen LogP contribution is 2.33. The molecule has 134 valence electrons. The van der Waals surface area contributed by atoms with E-state index in [9.17, 15) is 4.79 Å². The molecule has 2 aromatic rings. The number of nitrogens with zero attached hydrogens (tertiary/aromatic N) is 3. The van der Waals surface area contributed by atoms with Crippen molar-refractivity contribution in [3.05, 3.63) is 36.2 Å². The number of carbonyl (C=O) groups is 1. The Balaban J connectivity index is 1.78. The van der Waals surface area contributed by atoms with Gasteiger partial charge in [0, 0.05) is 12.5 Å². The number of hydrogen-bond acceptors (Lipinski definition) is 4. The first-order chi connectivity index (χ1) is 12.3. The third-order valence-corrected chi connectivity index (χ3v) is 5.33. The summed E-state index contributed by atoms with van der Waals surface area (Å²) in [5.41, 5.74) is 1.04. The minimum absolute atomic E-state index is 0.0436. The summed E-state index contributed by atoms with van der Waals surface area (Å²) >= 11 is 1.42. The SMILES string of the molecule is CCCNC(=O)CSc1nc(C2CCCCC2)n(-c2ccccc2)n1. The number of benzene rings is 1. The molecule has 1 aliphatic carbocycles. The van der Waals surface area contributed by atoms with Crippen LogP contribution in [0.5, 0.6) is 0 Å². The van der Waals surface area contributed by atoms with E-state index < -0.39 is 0 Å². The van der Waals surface area contributed by atoms with E-state index in [4.69, 9.17) is 10.1 Å². The number of rotatable bonds is 7. The summed E-state index contributed by atoms with van der Waals surface area (Å²) in [5.74, 6) is 1.91. The van der Waals surface area contributed by atoms with Crippen molar-refractivity contribution in [3.8, 4) is 5.69 Å². The van der Waals surface area contributed by atoms with E-state index >= 15 is 0 Å². The van der Waals surface area contributed by atoms with Crippen LogP contribution in [-0.2, 0) is 4.79 Å². The standard InChI is InChI=1S/C19H26N4OS/c1-2-13-20-17(24)14-25-19-21-18(15-9-5-3-6-10-15)23(22-19)16-11-7-4-8-12-16/h4,7-8,11-12,15H,2-3,5-6,9-10,13-14H2,1H3,(H,20,24). The van der Waals surface area contributed by atoms with Gasteiger partial charge in [0.15, 0.2) is 0 Å². The zero-order valence-corrected chi connectivity index (χ0v) is 15.6. The van der Waals surface area contributed by atoms with Crippen molar-refractivity contribution in [1.82, 2.24) is 20.1 Å². The van der Waals surface area contributed by atoms with Gasteiger partial charge in [0.25, 0.3) is 0 Å². The summed E-state index contributed by atoms with van der Waals surface area (Å²) < 4.78 is 1.97. The van der Waals surface area contributed by atoms with Crippen molar-refractivity contribution in [2.45, 2.75) is 56.5 Å². The Morgan fingerprint density at radius 2 is 2.00 bits per heavy atom. The van der Waals surface area contributed by atoms with Crippen molar-refractivity contribution < 1.29 is 4.79 Å². The molecule has 25 heavy (non-hydrogen) atoms.